The molecule has 2 aliphatic rings. The maximum absolute atomic E-state index is 11.6. The van der Waals surface area contributed by atoms with E-state index in [1.807, 2.05) is 0 Å². The molecule has 0 aromatic carbocycles. The minimum atomic E-state index is 0.361. The fourth-order valence-electron chi connectivity index (χ4n) is 2.65. The lowest BCUT2D eigenvalue weighted by molar-refractivity contribution is -0.123. The summed E-state index contributed by atoms with van der Waals surface area (Å²) in [5.74, 6) is 1.43. The first-order valence-electron chi connectivity index (χ1n) is 4.99. The van der Waals surface area contributed by atoms with Gasteiger partial charge in [-0.3, -0.25) is 4.79 Å². The van der Waals surface area contributed by atoms with E-state index in [1.165, 1.54) is 18.4 Å². The third kappa shape index (κ3) is 1.21. The Morgan fingerprint density at radius 2 is 1.92 bits per heavy atom. The summed E-state index contributed by atoms with van der Waals surface area (Å²) in [5, 5.41) is 0. The van der Waals surface area contributed by atoms with Gasteiger partial charge in [-0.15, -0.1) is 0 Å². The van der Waals surface area contributed by atoms with E-state index in [0.717, 1.165) is 25.7 Å². The molecular weight excluding hydrogens is 148 g/mol. The number of carbonyl (C=O) groups excluding carboxylic acids is 1. The van der Waals surface area contributed by atoms with Crippen molar-refractivity contribution in [1.82, 2.24) is 0 Å². The van der Waals surface area contributed by atoms with E-state index in [4.69, 9.17) is 0 Å². The topological polar surface area (TPSA) is 17.1 Å². The predicted molar refractivity (Wildman–Crippen MR) is 48.8 cm³/mol. The summed E-state index contributed by atoms with van der Waals surface area (Å²) in [5.41, 5.74) is 1.34. The molecule has 2 atom stereocenters. The van der Waals surface area contributed by atoms with Crippen molar-refractivity contribution in [2.75, 3.05) is 0 Å². The molecule has 0 unspecified atom stereocenters. The average molecular weight is 164 g/mol. The summed E-state index contributed by atoms with van der Waals surface area (Å²) >= 11 is 0. The van der Waals surface area contributed by atoms with Gasteiger partial charge in [0.2, 0.25) is 0 Å². The van der Waals surface area contributed by atoms with Crippen molar-refractivity contribution in [2.45, 2.75) is 38.5 Å². The molecule has 2 rings (SSSR count). The SMILES string of the molecule is C=C1CC[C@H]2C(=O)CCCC[C@H]12. The van der Waals surface area contributed by atoms with Gasteiger partial charge in [-0.05, 0) is 31.6 Å². The van der Waals surface area contributed by atoms with Crippen LogP contribution in [-0.4, -0.2) is 5.78 Å². The second-order valence-corrected chi connectivity index (χ2v) is 4.12. The number of carbonyl (C=O) groups is 1. The van der Waals surface area contributed by atoms with E-state index >= 15 is 0 Å². The molecule has 12 heavy (non-hydrogen) atoms. The van der Waals surface area contributed by atoms with Gasteiger partial charge in [0.15, 0.2) is 0 Å². The Labute approximate surface area is 73.8 Å². The Morgan fingerprint density at radius 1 is 1.08 bits per heavy atom. The molecule has 0 spiro atoms. The van der Waals surface area contributed by atoms with Crippen molar-refractivity contribution in [2.24, 2.45) is 11.8 Å². The molecule has 0 N–H and O–H groups in total. The molecule has 66 valence electrons. The van der Waals surface area contributed by atoms with Crippen molar-refractivity contribution >= 4 is 5.78 Å². The van der Waals surface area contributed by atoms with Crippen LogP contribution in [0.25, 0.3) is 0 Å². The van der Waals surface area contributed by atoms with Gasteiger partial charge in [-0.2, -0.15) is 0 Å². The minimum absolute atomic E-state index is 0.361. The molecule has 0 amide bonds. The van der Waals surface area contributed by atoms with Gasteiger partial charge < -0.3 is 0 Å². The monoisotopic (exact) mass is 164 g/mol. The summed E-state index contributed by atoms with van der Waals surface area (Å²) in [6.07, 6.45) is 6.57. The molecule has 0 bridgehead atoms. The highest BCUT2D eigenvalue weighted by molar-refractivity contribution is 5.82. The second kappa shape index (κ2) is 3.04. The summed E-state index contributed by atoms with van der Waals surface area (Å²) in [6, 6.07) is 0. The summed E-state index contributed by atoms with van der Waals surface area (Å²) in [6.45, 7) is 4.06. The Bertz CT molecular complexity index is 217. The Balaban J connectivity index is 2.18. The molecule has 0 aromatic heterocycles. The normalized spacial score (nSPS) is 36.3. The maximum atomic E-state index is 11.6. The number of allylic oxidation sites excluding steroid dienone is 1. The first-order valence-corrected chi connectivity index (χ1v) is 4.99. The third-order valence-corrected chi connectivity index (χ3v) is 3.39. The van der Waals surface area contributed by atoms with Crippen molar-refractivity contribution < 1.29 is 4.79 Å². The van der Waals surface area contributed by atoms with Crippen LogP contribution in [0.1, 0.15) is 38.5 Å². The van der Waals surface area contributed by atoms with Crippen LogP contribution in [-0.2, 0) is 4.79 Å². The lowest BCUT2D eigenvalue weighted by atomic mass is 9.89. The number of hydrogen-bond donors (Lipinski definition) is 0. The molecule has 2 aliphatic carbocycles. The Hall–Kier alpha value is -0.590. The van der Waals surface area contributed by atoms with Crippen LogP contribution in [0.5, 0.6) is 0 Å². The van der Waals surface area contributed by atoms with Crippen molar-refractivity contribution in [1.29, 1.82) is 0 Å². The Kier molecular flexibility index (Phi) is 2.03. The quantitative estimate of drug-likeness (QED) is 0.503. The Morgan fingerprint density at radius 3 is 2.75 bits per heavy atom. The highest BCUT2D eigenvalue weighted by Gasteiger charge is 2.35. The molecule has 1 heteroatoms. The van der Waals surface area contributed by atoms with E-state index in [9.17, 15) is 4.79 Å². The van der Waals surface area contributed by atoms with Gasteiger partial charge in [0.05, 0.1) is 0 Å². The average Bonchev–Trinajstić information content (AvgIpc) is 2.30. The van der Waals surface area contributed by atoms with Crippen LogP contribution in [0.15, 0.2) is 12.2 Å². The van der Waals surface area contributed by atoms with Gasteiger partial charge in [-0.25, -0.2) is 0 Å². The first kappa shape index (κ1) is 8.03. The zero-order valence-electron chi connectivity index (χ0n) is 7.51. The van der Waals surface area contributed by atoms with Gasteiger partial charge in [0, 0.05) is 12.3 Å². The molecule has 0 saturated heterocycles. The van der Waals surface area contributed by atoms with E-state index in [1.54, 1.807) is 0 Å². The molecule has 2 fully saturated rings. The number of ketones is 1. The molecule has 0 heterocycles. The summed E-state index contributed by atoms with van der Waals surface area (Å²) < 4.78 is 0. The van der Waals surface area contributed by atoms with E-state index in [2.05, 4.69) is 6.58 Å². The lowest BCUT2D eigenvalue weighted by Crippen LogP contribution is -2.16. The fraction of sp³-hybridized carbons (Fsp3) is 0.727. The van der Waals surface area contributed by atoms with Crippen LogP contribution in [0, 0.1) is 11.8 Å². The van der Waals surface area contributed by atoms with Crippen LogP contribution in [0.2, 0.25) is 0 Å². The number of rotatable bonds is 0. The highest BCUT2D eigenvalue weighted by Crippen LogP contribution is 2.41. The van der Waals surface area contributed by atoms with E-state index in [0.29, 0.717) is 17.6 Å². The van der Waals surface area contributed by atoms with Crippen LogP contribution in [0.4, 0.5) is 0 Å². The van der Waals surface area contributed by atoms with E-state index < -0.39 is 0 Å². The molecule has 0 aliphatic heterocycles. The molecular formula is C11H16O. The van der Waals surface area contributed by atoms with Gasteiger partial charge in [0.1, 0.15) is 5.78 Å². The van der Waals surface area contributed by atoms with Crippen molar-refractivity contribution in [3.63, 3.8) is 0 Å². The maximum Gasteiger partial charge on any atom is 0.136 e. The molecule has 2 saturated carbocycles. The summed E-state index contributed by atoms with van der Waals surface area (Å²) in [7, 11) is 0. The number of fused-ring (bicyclic) bond motifs is 1. The zero-order valence-corrected chi connectivity index (χ0v) is 7.51. The molecule has 1 nitrogen and oxygen atoms in total. The fourth-order valence-corrected chi connectivity index (χ4v) is 2.65. The molecule has 0 aromatic rings. The smallest absolute Gasteiger partial charge is 0.136 e. The number of hydrogen-bond acceptors (Lipinski definition) is 1. The van der Waals surface area contributed by atoms with E-state index in [-0.39, 0.29) is 0 Å². The highest BCUT2D eigenvalue weighted by atomic mass is 16.1. The van der Waals surface area contributed by atoms with Gasteiger partial charge >= 0.3 is 0 Å². The zero-order chi connectivity index (χ0) is 8.55. The lowest BCUT2D eigenvalue weighted by Gasteiger charge is -2.14. The minimum Gasteiger partial charge on any atom is -0.299 e. The van der Waals surface area contributed by atoms with Crippen molar-refractivity contribution in [3.8, 4) is 0 Å². The van der Waals surface area contributed by atoms with Crippen molar-refractivity contribution in [3.05, 3.63) is 12.2 Å². The van der Waals surface area contributed by atoms with Gasteiger partial charge in [-0.1, -0.05) is 18.6 Å². The van der Waals surface area contributed by atoms with Gasteiger partial charge in [0.25, 0.3) is 0 Å². The van der Waals surface area contributed by atoms with Crippen LogP contribution < -0.4 is 0 Å². The largest absolute Gasteiger partial charge is 0.299 e. The number of Topliss-reactive ketones (excluding diaryl/α,β-unsaturated/α-hetero) is 1. The first-order chi connectivity index (χ1) is 5.79. The predicted octanol–water partition coefficient (Wildman–Crippen LogP) is 2.71. The summed E-state index contributed by atoms with van der Waals surface area (Å²) in [4.78, 5) is 11.6. The van der Waals surface area contributed by atoms with Crippen LogP contribution in [0.3, 0.4) is 0 Å². The third-order valence-electron chi connectivity index (χ3n) is 3.39. The molecule has 0 radical (unpaired) electrons. The van der Waals surface area contributed by atoms with Crippen LogP contribution >= 0.6 is 0 Å². The standard InChI is InChI=1S/C11H16O/c1-8-6-7-10-9(8)4-2-3-5-11(10)12/h9-10H,1-7H2/t9-,10-/m1/s1. The second-order valence-electron chi connectivity index (χ2n) is 4.12.